The summed E-state index contributed by atoms with van der Waals surface area (Å²) in [6.07, 6.45) is 6.36. The Morgan fingerprint density at radius 2 is 2.09 bits per heavy atom. The zero-order valence-corrected chi connectivity index (χ0v) is 13.2. The molecule has 1 heterocycles. The highest BCUT2D eigenvalue weighted by Crippen LogP contribution is 2.20. The molecule has 0 unspecified atom stereocenters. The van der Waals surface area contributed by atoms with Gasteiger partial charge in [-0.3, -0.25) is 9.78 Å². The lowest BCUT2D eigenvalue weighted by atomic mass is 10.2. The number of carbonyl (C=O) groups is 1. The van der Waals surface area contributed by atoms with Crippen LogP contribution in [0.1, 0.15) is 42.1 Å². The van der Waals surface area contributed by atoms with Crippen LogP contribution in [0, 0.1) is 11.3 Å². The van der Waals surface area contributed by atoms with Crippen LogP contribution in [-0.4, -0.2) is 17.4 Å². The van der Waals surface area contributed by atoms with Gasteiger partial charge >= 0.3 is 0 Å². The minimum Gasteiger partial charge on any atom is -0.353 e. The molecule has 0 bridgehead atoms. The molecular formula is C18H20N4O. The Labute approximate surface area is 136 Å². The number of carbonyl (C=O) groups excluding carboxylic acids is 1. The van der Waals surface area contributed by atoms with E-state index in [1.807, 2.05) is 18.2 Å². The fraction of sp³-hybridized carbons (Fsp3) is 0.278. The second kappa shape index (κ2) is 8.54. The Bertz CT molecular complexity index is 706. The van der Waals surface area contributed by atoms with Crippen LogP contribution >= 0.6 is 0 Å². The molecule has 0 aliphatic rings. The van der Waals surface area contributed by atoms with Crippen LogP contribution in [0.25, 0.3) is 0 Å². The predicted octanol–water partition coefficient (Wildman–Crippen LogP) is 3.62. The topological polar surface area (TPSA) is 77.8 Å². The van der Waals surface area contributed by atoms with Gasteiger partial charge < -0.3 is 10.6 Å². The number of unbranched alkanes of at least 4 members (excludes halogenated alkanes) is 2. The van der Waals surface area contributed by atoms with Gasteiger partial charge in [0.2, 0.25) is 0 Å². The molecule has 5 nitrogen and oxygen atoms in total. The zero-order valence-electron chi connectivity index (χ0n) is 13.2. The van der Waals surface area contributed by atoms with Crippen LogP contribution in [-0.2, 0) is 0 Å². The van der Waals surface area contributed by atoms with Crippen molar-refractivity contribution < 1.29 is 4.79 Å². The summed E-state index contributed by atoms with van der Waals surface area (Å²) in [7, 11) is 0. The summed E-state index contributed by atoms with van der Waals surface area (Å²) < 4.78 is 0. The first-order chi connectivity index (χ1) is 11.2. The van der Waals surface area contributed by atoms with Crippen molar-refractivity contribution in [2.75, 3.05) is 11.9 Å². The van der Waals surface area contributed by atoms with E-state index in [0.717, 1.165) is 19.3 Å². The average molecular weight is 308 g/mol. The van der Waals surface area contributed by atoms with Crippen LogP contribution in [0.5, 0.6) is 0 Å². The smallest absolute Gasteiger partial charge is 0.252 e. The van der Waals surface area contributed by atoms with Crippen molar-refractivity contribution >= 4 is 17.3 Å². The number of nitriles is 1. The maximum atomic E-state index is 12.1. The summed E-state index contributed by atoms with van der Waals surface area (Å²) in [4.78, 5) is 16.2. The number of pyridine rings is 1. The Kier molecular flexibility index (Phi) is 6.13. The van der Waals surface area contributed by atoms with E-state index in [9.17, 15) is 4.79 Å². The molecule has 2 rings (SSSR count). The third-order valence-electron chi connectivity index (χ3n) is 3.39. The Hall–Kier alpha value is -2.87. The van der Waals surface area contributed by atoms with Gasteiger partial charge in [0, 0.05) is 12.7 Å². The molecule has 1 amide bonds. The summed E-state index contributed by atoms with van der Waals surface area (Å²) in [6, 6.07) is 11.1. The maximum Gasteiger partial charge on any atom is 0.252 e. The number of hydrogen-bond donors (Lipinski definition) is 2. The number of aromatic nitrogens is 1. The first-order valence-electron chi connectivity index (χ1n) is 7.74. The zero-order chi connectivity index (χ0) is 16.5. The van der Waals surface area contributed by atoms with Crippen LogP contribution in [0.4, 0.5) is 11.4 Å². The van der Waals surface area contributed by atoms with Gasteiger partial charge in [-0.2, -0.15) is 5.26 Å². The van der Waals surface area contributed by atoms with Gasteiger partial charge in [-0.1, -0.05) is 31.9 Å². The Morgan fingerprint density at radius 1 is 1.26 bits per heavy atom. The van der Waals surface area contributed by atoms with E-state index < -0.39 is 0 Å². The molecule has 0 fully saturated rings. The highest BCUT2D eigenvalue weighted by molar-refractivity contribution is 5.94. The third kappa shape index (κ3) is 4.82. The number of para-hydroxylation sites is 1. The monoisotopic (exact) mass is 308 g/mol. The quantitative estimate of drug-likeness (QED) is 0.766. The average Bonchev–Trinajstić information content (AvgIpc) is 2.59. The summed E-state index contributed by atoms with van der Waals surface area (Å²) in [5, 5.41) is 15.1. The minimum atomic E-state index is -0.133. The molecule has 0 aliphatic heterocycles. The number of amides is 1. The molecule has 0 aliphatic carbocycles. The molecule has 1 aromatic carbocycles. The molecule has 23 heavy (non-hydrogen) atoms. The van der Waals surface area contributed by atoms with Crippen LogP contribution < -0.4 is 10.6 Å². The van der Waals surface area contributed by atoms with E-state index in [1.54, 1.807) is 18.3 Å². The molecule has 5 heteroatoms. The van der Waals surface area contributed by atoms with E-state index in [-0.39, 0.29) is 5.91 Å². The van der Waals surface area contributed by atoms with Gasteiger partial charge in [-0.15, -0.1) is 0 Å². The largest absolute Gasteiger partial charge is 0.353 e. The van der Waals surface area contributed by atoms with Crippen LogP contribution in [0.15, 0.2) is 42.7 Å². The van der Waals surface area contributed by atoms with E-state index in [1.165, 1.54) is 6.20 Å². The molecule has 0 saturated carbocycles. The number of nitrogens with one attached hydrogen (secondary N) is 2. The van der Waals surface area contributed by atoms with Crippen molar-refractivity contribution in [2.24, 2.45) is 0 Å². The standard InChI is InChI=1S/C18H20N4O/c1-2-3-6-9-21-18(23)15-10-16(13-20-12-15)22-17-8-5-4-7-14(17)11-19/h4-5,7-8,10,12-13,22H,2-3,6,9H2,1H3,(H,21,23). The Balaban J connectivity index is 2.05. The van der Waals surface area contributed by atoms with Crippen LogP contribution in [0.3, 0.4) is 0 Å². The number of hydrogen-bond acceptors (Lipinski definition) is 4. The lowest BCUT2D eigenvalue weighted by Gasteiger charge is -2.09. The lowest BCUT2D eigenvalue weighted by Crippen LogP contribution is -2.24. The Morgan fingerprint density at radius 3 is 2.87 bits per heavy atom. The molecule has 1 aromatic heterocycles. The number of anilines is 2. The van der Waals surface area contributed by atoms with Gasteiger partial charge in [-0.05, 0) is 24.6 Å². The first-order valence-corrected chi connectivity index (χ1v) is 7.74. The number of nitrogens with zero attached hydrogens (tertiary/aromatic N) is 2. The maximum absolute atomic E-state index is 12.1. The van der Waals surface area contributed by atoms with E-state index in [0.29, 0.717) is 29.0 Å². The molecule has 0 radical (unpaired) electrons. The fourth-order valence-corrected chi connectivity index (χ4v) is 2.16. The van der Waals surface area contributed by atoms with Gasteiger partial charge in [0.25, 0.3) is 5.91 Å². The molecule has 0 saturated heterocycles. The number of rotatable bonds is 7. The van der Waals surface area contributed by atoms with Crippen molar-refractivity contribution in [3.63, 3.8) is 0 Å². The minimum absolute atomic E-state index is 0.133. The van der Waals surface area contributed by atoms with E-state index in [2.05, 4.69) is 28.6 Å². The summed E-state index contributed by atoms with van der Waals surface area (Å²) in [6.45, 7) is 2.79. The third-order valence-corrected chi connectivity index (χ3v) is 3.39. The highest BCUT2D eigenvalue weighted by atomic mass is 16.1. The van der Waals surface area contributed by atoms with Crippen molar-refractivity contribution in [1.82, 2.24) is 10.3 Å². The van der Waals surface area contributed by atoms with Crippen molar-refractivity contribution in [3.8, 4) is 6.07 Å². The summed E-state index contributed by atoms with van der Waals surface area (Å²) in [5.74, 6) is -0.133. The van der Waals surface area contributed by atoms with Gasteiger partial charge in [0.1, 0.15) is 6.07 Å². The fourth-order valence-electron chi connectivity index (χ4n) is 2.16. The molecule has 2 N–H and O–H groups in total. The lowest BCUT2D eigenvalue weighted by molar-refractivity contribution is 0.0952. The second-order valence-corrected chi connectivity index (χ2v) is 5.21. The summed E-state index contributed by atoms with van der Waals surface area (Å²) >= 11 is 0. The summed E-state index contributed by atoms with van der Waals surface area (Å²) in [5.41, 5.74) is 2.41. The first kappa shape index (κ1) is 16.5. The second-order valence-electron chi connectivity index (χ2n) is 5.21. The van der Waals surface area contributed by atoms with Crippen molar-refractivity contribution in [1.29, 1.82) is 5.26 Å². The van der Waals surface area contributed by atoms with Crippen molar-refractivity contribution in [2.45, 2.75) is 26.2 Å². The van der Waals surface area contributed by atoms with Gasteiger partial charge in [0.05, 0.1) is 28.7 Å². The molecule has 118 valence electrons. The van der Waals surface area contributed by atoms with E-state index in [4.69, 9.17) is 5.26 Å². The van der Waals surface area contributed by atoms with E-state index >= 15 is 0 Å². The van der Waals surface area contributed by atoms with Crippen LogP contribution in [0.2, 0.25) is 0 Å². The SMILES string of the molecule is CCCCCNC(=O)c1cncc(Nc2ccccc2C#N)c1. The normalized spacial score (nSPS) is 9.91. The molecular weight excluding hydrogens is 288 g/mol. The number of benzene rings is 1. The predicted molar refractivity (Wildman–Crippen MR) is 90.5 cm³/mol. The highest BCUT2D eigenvalue weighted by Gasteiger charge is 2.07. The van der Waals surface area contributed by atoms with Crippen molar-refractivity contribution in [3.05, 3.63) is 53.9 Å². The molecule has 0 atom stereocenters. The molecule has 0 spiro atoms. The van der Waals surface area contributed by atoms with Gasteiger partial charge in [0.15, 0.2) is 0 Å². The van der Waals surface area contributed by atoms with Gasteiger partial charge in [-0.25, -0.2) is 0 Å². The molecule has 2 aromatic rings.